The Morgan fingerprint density at radius 3 is 2.57 bits per heavy atom. The summed E-state index contributed by atoms with van der Waals surface area (Å²) in [5.41, 5.74) is 2.35. The number of nitrogens with zero attached hydrogens (tertiary/aromatic N) is 2. The van der Waals surface area contributed by atoms with Crippen LogP contribution in [0.1, 0.15) is 17.5 Å². The maximum absolute atomic E-state index is 8.81. The zero-order valence-electron chi connectivity index (χ0n) is 8.20. The number of rotatable bonds is 3. The van der Waals surface area contributed by atoms with Crippen molar-refractivity contribution in [3.05, 3.63) is 35.4 Å². The summed E-state index contributed by atoms with van der Waals surface area (Å²) in [6.45, 7) is 2.02. The summed E-state index contributed by atoms with van der Waals surface area (Å²) in [6.07, 6.45) is 0.988. The van der Waals surface area contributed by atoms with Gasteiger partial charge in [0.05, 0.1) is 24.5 Å². The molecule has 0 aliphatic carbocycles. The van der Waals surface area contributed by atoms with Crippen molar-refractivity contribution in [1.82, 2.24) is 0 Å². The summed E-state index contributed by atoms with van der Waals surface area (Å²) in [5, 5.41) is 17.3. The predicted octanol–water partition coefficient (Wildman–Crippen LogP) is 2.59. The van der Waals surface area contributed by atoms with Gasteiger partial charge in [-0.15, -0.1) is 0 Å². The van der Waals surface area contributed by atoms with Crippen LogP contribution in [0.15, 0.2) is 24.3 Å². The van der Waals surface area contributed by atoms with Crippen LogP contribution in [0.3, 0.4) is 0 Å². The van der Waals surface area contributed by atoms with Crippen molar-refractivity contribution in [3.63, 3.8) is 0 Å². The summed E-state index contributed by atoms with van der Waals surface area (Å²) in [7, 11) is 0. The molecule has 0 spiro atoms. The van der Waals surface area contributed by atoms with E-state index in [0.717, 1.165) is 5.56 Å². The van der Waals surface area contributed by atoms with E-state index in [1.54, 1.807) is 0 Å². The van der Waals surface area contributed by atoms with Crippen molar-refractivity contribution in [1.29, 1.82) is 10.5 Å². The summed E-state index contributed by atoms with van der Waals surface area (Å²) < 4.78 is 0. The Hall–Kier alpha value is -1.80. The lowest BCUT2D eigenvalue weighted by Crippen LogP contribution is -2.02. The minimum atomic E-state index is -0.180. The van der Waals surface area contributed by atoms with Gasteiger partial charge in [0.1, 0.15) is 0 Å². The molecule has 0 bridgehead atoms. The van der Waals surface area contributed by atoms with Gasteiger partial charge in [-0.2, -0.15) is 10.5 Å². The van der Waals surface area contributed by atoms with Gasteiger partial charge in [0, 0.05) is 0 Å². The summed E-state index contributed by atoms with van der Waals surface area (Å²) >= 11 is 0. The van der Waals surface area contributed by atoms with Crippen LogP contribution in [0.2, 0.25) is 0 Å². The topological polar surface area (TPSA) is 47.6 Å². The van der Waals surface area contributed by atoms with E-state index >= 15 is 0 Å². The van der Waals surface area contributed by atoms with Gasteiger partial charge in [-0.1, -0.05) is 24.3 Å². The van der Waals surface area contributed by atoms with Gasteiger partial charge in [0.2, 0.25) is 0 Å². The van der Waals surface area contributed by atoms with Gasteiger partial charge < -0.3 is 0 Å². The van der Waals surface area contributed by atoms with Crippen LogP contribution in [0.25, 0.3) is 0 Å². The highest BCUT2D eigenvalue weighted by atomic mass is 14.3. The first-order valence-electron chi connectivity index (χ1n) is 4.59. The zero-order valence-corrected chi connectivity index (χ0v) is 8.20. The lowest BCUT2D eigenvalue weighted by molar-refractivity contribution is 0.678. The maximum Gasteiger partial charge on any atom is 0.0670 e. The van der Waals surface area contributed by atoms with Crippen LogP contribution in [-0.2, 0) is 6.42 Å². The van der Waals surface area contributed by atoms with E-state index < -0.39 is 0 Å². The maximum atomic E-state index is 8.81. The van der Waals surface area contributed by atoms with Gasteiger partial charge in [-0.25, -0.2) is 0 Å². The molecule has 0 aliphatic rings. The molecule has 14 heavy (non-hydrogen) atoms. The number of hydrogen-bond acceptors (Lipinski definition) is 2. The molecular weight excluding hydrogens is 172 g/mol. The van der Waals surface area contributed by atoms with Crippen molar-refractivity contribution in [2.45, 2.75) is 19.8 Å². The minimum Gasteiger partial charge on any atom is -0.198 e. The van der Waals surface area contributed by atoms with Crippen LogP contribution in [0.4, 0.5) is 0 Å². The van der Waals surface area contributed by atoms with E-state index in [4.69, 9.17) is 10.5 Å². The van der Waals surface area contributed by atoms with Crippen LogP contribution < -0.4 is 0 Å². The van der Waals surface area contributed by atoms with E-state index in [2.05, 4.69) is 6.07 Å². The molecule has 0 heterocycles. The van der Waals surface area contributed by atoms with Gasteiger partial charge in [-0.05, 0) is 24.5 Å². The monoisotopic (exact) mass is 184 g/mol. The van der Waals surface area contributed by atoms with E-state index in [-0.39, 0.29) is 5.92 Å². The second-order valence-electron chi connectivity index (χ2n) is 3.32. The Morgan fingerprint density at radius 1 is 1.29 bits per heavy atom. The average Bonchev–Trinajstić information content (AvgIpc) is 2.20. The molecule has 0 aromatic heterocycles. The summed E-state index contributed by atoms with van der Waals surface area (Å²) in [4.78, 5) is 0. The molecule has 0 fully saturated rings. The fourth-order valence-corrected chi connectivity index (χ4v) is 1.38. The van der Waals surface area contributed by atoms with Crippen molar-refractivity contribution >= 4 is 0 Å². The first-order valence-corrected chi connectivity index (χ1v) is 4.59. The van der Waals surface area contributed by atoms with Crippen LogP contribution in [0, 0.1) is 35.5 Å². The van der Waals surface area contributed by atoms with Crippen molar-refractivity contribution < 1.29 is 0 Å². The number of aryl methyl sites for hydroxylation is 1. The van der Waals surface area contributed by atoms with Crippen LogP contribution in [-0.4, -0.2) is 0 Å². The molecule has 70 valence electrons. The molecule has 0 radical (unpaired) electrons. The van der Waals surface area contributed by atoms with Crippen molar-refractivity contribution in [2.75, 3.05) is 0 Å². The van der Waals surface area contributed by atoms with Gasteiger partial charge in [0.25, 0.3) is 0 Å². The van der Waals surface area contributed by atoms with E-state index in [9.17, 15) is 0 Å². The molecule has 0 aliphatic heterocycles. The SMILES string of the molecule is Cc1ccccc1C[C@H](C#N)CC#N. The zero-order chi connectivity index (χ0) is 10.4. The van der Waals surface area contributed by atoms with Gasteiger partial charge >= 0.3 is 0 Å². The second-order valence-corrected chi connectivity index (χ2v) is 3.32. The van der Waals surface area contributed by atoms with Crippen molar-refractivity contribution in [3.8, 4) is 12.1 Å². The quantitative estimate of drug-likeness (QED) is 0.724. The van der Waals surface area contributed by atoms with Gasteiger partial charge in [-0.3, -0.25) is 0 Å². The molecule has 1 atom stereocenters. The lowest BCUT2D eigenvalue weighted by atomic mass is 9.95. The molecule has 0 amide bonds. The van der Waals surface area contributed by atoms with E-state index in [0.29, 0.717) is 12.8 Å². The molecule has 1 aromatic carbocycles. The number of nitriles is 2. The molecule has 0 unspecified atom stereocenters. The van der Waals surface area contributed by atoms with E-state index in [1.807, 2.05) is 37.3 Å². The molecule has 1 aromatic rings. The molecular formula is C12H12N2. The van der Waals surface area contributed by atoms with Crippen LogP contribution >= 0.6 is 0 Å². The second kappa shape index (κ2) is 5.04. The number of benzene rings is 1. The standard InChI is InChI=1S/C12H12N2/c1-10-4-2-3-5-12(10)8-11(9-14)6-7-13/h2-5,11H,6,8H2,1H3/t11-/m1/s1. The smallest absolute Gasteiger partial charge is 0.0670 e. The third-order valence-corrected chi connectivity index (χ3v) is 2.25. The first-order chi connectivity index (χ1) is 6.77. The Labute approximate surface area is 84.4 Å². The van der Waals surface area contributed by atoms with Crippen molar-refractivity contribution in [2.24, 2.45) is 5.92 Å². The highest BCUT2D eigenvalue weighted by Gasteiger charge is 2.08. The number of hydrogen-bond donors (Lipinski definition) is 0. The molecule has 0 saturated carbocycles. The Morgan fingerprint density at radius 2 is 2.00 bits per heavy atom. The average molecular weight is 184 g/mol. The predicted molar refractivity (Wildman–Crippen MR) is 54.2 cm³/mol. The summed E-state index contributed by atoms with van der Waals surface area (Å²) in [5.74, 6) is -0.180. The van der Waals surface area contributed by atoms with Crippen LogP contribution in [0.5, 0.6) is 0 Å². The molecule has 2 nitrogen and oxygen atoms in total. The fraction of sp³-hybridized carbons (Fsp3) is 0.333. The molecule has 1 rings (SSSR count). The third kappa shape index (κ3) is 2.61. The lowest BCUT2D eigenvalue weighted by Gasteiger charge is -2.07. The van der Waals surface area contributed by atoms with Gasteiger partial charge in [0.15, 0.2) is 0 Å². The first kappa shape index (κ1) is 10.3. The third-order valence-electron chi connectivity index (χ3n) is 2.25. The molecule has 0 N–H and O–H groups in total. The fourth-order valence-electron chi connectivity index (χ4n) is 1.38. The Balaban J connectivity index is 2.74. The highest BCUT2D eigenvalue weighted by molar-refractivity contribution is 5.26. The normalized spacial score (nSPS) is 11.4. The highest BCUT2D eigenvalue weighted by Crippen LogP contribution is 2.14. The Bertz CT molecular complexity index is 382. The molecule has 2 heteroatoms. The van der Waals surface area contributed by atoms with E-state index in [1.165, 1.54) is 5.56 Å². The Kier molecular flexibility index (Phi) is 3.70. The minimum absolute atomic E-state index is 0.180. The summed E-state index contributed by atoms with van der Waals surface area (Å²) in [6, 6.07) is 12.2. The molecule has 0 saturated heterocycles. The largest absolute Gasteiger partial charge is 0.198 e.